The number of thiocarbonyl (C=S) groups is 1. The summed E-state index contributed by atoms with van der Waals surface area (Å²) in [5.41, 5.74) is 2.03. The van der Waals surface area contributed by atoms with E-state index in [1.807, 2.05) is 11.5 Å². The zero-order valence-corrected chi connectivity index (χ0v) is 9.01. The highest BCUT2D eigenvalue weighted by Crippen LogP contribution is 2.15. The lowest BCUT2D eigenvalue weighted by Gasteiger charge is -1.98. The number of aryl methyl sites for hydroxylation is 1. The number of hydrogen-bond acceptors (Lipinski definition) is 4. The van der Waals surface area contributed by atoms with E-state index in [0.717, 1.165) is 12.2 Å². The molecule has 14 heavy (non-hydrogen) atoms. The van der Waals surface area contributed by atoms with Gasteiger partial charge in [-0.15, -0.1) is 0 Å². The number of imidazole rings is 1. The van der Waals surface area contributed by atoms with Crippen molar-refractivity contribution in [1.82, 2.24) is 19.5 Å². The standard InChI is InChI=1S/C8H7ClN4S/c1-2-13-4-10-6-5(3-14)11-8(9)12-7(6)13/h3-4H,2H2,1H3. The average molecular weight is 227 g/mol. The van der Waals surface area contributed by atoms with Gasteiger partial charge in [-0.2, -0.15) is 4.98 Å². The van der Waals surface area contributed by atoms with E-state index in [4.69, 9.17) is 23.8 Å². The maximum atomic E-state index is 5.76. The quantitative estimate of drug-likeness (QED) is 0.579. The van der Waals surface area contributed by atoms with Crippen molar-refractivity contribution in [3.8, 4) is 0 Å². The molecule has 0 bridgehead atoms. The molecular weight excluding hydrogens is 220 g/mol. The van der Waals surface area contributed by atoms with Crippen molar-refractivity contribution in [1.29, 1.82) is 0 Å². The Morgan fingerprint density at radius 1 is 1.57 bits per heavy atom. The maximum absolute atomic E-state index is 5.76. The van der Waals surface area contributed by atoms with Gasteiger partial charge in [-0.3, -0.25) is 0 Å². The highest BCUT2D eigenvalue weighted by atomic mass is 35.5. The maximum Gasteiger partial charge on any atom is 0.225 e. The Labute approximate surface area is 90.9 Å². The number of rotatable bonds is 2. The van der Waals surface area contributed by atoms with Gasteiger partial charge in [-0.25, -0.2) is 9.97 Å². The number of nitrogens with zero attached hydrogens (tertiary/aromatic N) is 4. The first kappa shape index (κ1) is 9.48. The van der Waals surface area contributed by atoms with Crippen LogP contribution in [0, 0.1) is 0 Å². The summed E-state index contributed by atoms with van der Waals surface area (Å²) in [6.07, 6.45) is 1.71. The predicted molar refractivity (Wildman–Crippen MR) is 58.8 cm³/mol. The van der Waals surface area contributed by atoms with Crippen LogP contribution in [0.15, 0.2) is 6.33 Å². The van der Waals surface area contributed by atoms with E-state index in [-0.39, 0.29) is 5.28 Å². The fourth-order valence-electron chi connectivity index (χ4n) is 1.25. The van der Waals surface area contributed by atoms with Crippen LogP contribution >= 0.6 is 23.8 Å². The fraction of sp³-hybridized carbons (Fsp3) is 0.250. The van der Waals surface area contributed by atoms with Crippen molar-refractivity contribution in [2.75, 3.05) is 0 Å². The molecule has 0 saturated carbocycles. The molecule has 0 atom stereocenters. The third-order valence-electron chi connectivity index (χ3n) is 1.92. The van der Waals surface area contributed by atoms with Crippen LogP contribution in [0.1, 0.15) is 12.6 Å². The van der Waals surface area contributed by atoms with E-state index in [2.05, 4.69) is 15.0 Å². The van der Waals surface area contributed by atoms with Gasteiger partial charge < -0.3 is 4.57 Å². The number of halogens is 1. The minimum absolute atomic E-state index is 0.198. The van der Waals surface area contributed by atoms with Gasteiger partial charge in [0, 0.05) is 11.9 Å². The van der Waals surface area contributed by atoms with Crippen molar-refractivity contribution < 1.29 is 0 Å². The van der Waals surface area contributed by atoms with Crippen LogP contribution in [0.5, 0.6) is 0 Å². The largest absolute Gasteiger partial charge is 0.315 e. The summed E-state index contributed by atoms with van der Waals surface area (Å²) < 4.78 is 1.89. The lowest BCUT2D eigenvalue weighted by Crippen LogP contribution is -1.97. The van der Waals surface area contributed by atoms with Gasteiger partial charge in [0.2, 0.25) is 5.28 Å². The molecule has 0 saturated heterocycles. The summed E-state index contributed by atoms with van der Waals surface area (Å²) in [6.45, 7) is 2.80. The Hall–Kier alpha value is -1.07. The van der Waals surface area contributed by atoms with Gasteiger partial charge in [0.25, 0.3) is 0 Å². The van der Waals surface area contributed by atoms with Gasteiger partial charge in [-0.1, -0.05) is 12.2 Å². The Morgan fingerprint density at radius 3 is 3.00 bits per heavy atom. The zero-order valence-electron chi connectivity index (χ0n) is 7.44. The van der Waals surface area contributed by atoms with Crippen LogP contribution < -0.4 is 0 Å². The molecule has 0 N–H and O–H groups in total. The molecule has 0 aliphatic rings. The van der Waals surface area contributed by atoms with Gasteiger partial charge in [0.15, 0.2) is 5.65 Å². The van der Waals surface area contributed by atoms with E-state index in [1.165, 1.54) is 5.37 Å². The molecule has 0 fully saturated rings. The average Bonchev–Trinajstić information content (AvgIpc) is 2.59. The first-order chi connectivity index (χ1) is 6.76. The van der Waals surface area contributed by atoms with Crippen LogP contribution in [0.2, 0.25) is 5.28 Å². The van der Waals surface area contributed by atoms with Crippen LogP contribution in [0.4, 0.5) is 0 Å². The zero-order chi connectivity index (χ0) is 10.1. The van der Waals surface area contributed by atoms with E-state index in [0.29, 0.717) is 11.2 Å². The molecule has 2 rings (SSSR count). The van der Waals surface area contributed by atoms with E-state index in [9.17, 15) is 0 Å². The SMILES string of the molecule is CCn1cnc2c(C=S)nc(Cl)nc21. The first-order valence-electron chi connectivity index (χ1n) is 4.09. The Balaban J connectivity index is 2.83. The molecule has 6 heteroatoms. The van der Waals surface area contributed by atoms with Crippen molar-refractivity contribution in [2.24, 2.45) is 0 Å². The van der Waals surface area contributed by atoms with E-state index >= 15 is 0 Å². The lowest BCUT2D eigenvalue weighted by molar-refractivity contribution is 0.777. The Bertz CT molecular complexity index is 493. The third kappa shape index (κ3) is 1.38. The highest BCUT2D eigenvalue weighted by Gasteiger charge is 2.09. The third-order valence-corrected chi connectivity index (χ3v) is 2.31. The second kappa shape index (κ2) is 3.59. The molecule has 0 aliphatic heterocycles. The van der Waals surface area contributed by atoms with Crippen molar-refractivity contribution >= 4 is 40.4 Å². The normalized spacial score (nSPS) is 10.7. The number of hydrogen-bond donors (Lipinski definition) is 0. The monoisotopic (exact) mass is 226 g/mol. The van der Waals surface area contributed by atoms with Crippen LogP contribution in [-0.4, -0.2) is 24.9 Å². The van der Waals surface area contributed by atoms with Gasteiger partial charge in [0.1, 0.15) is 11.2 Å². The lowest BCUT2D eigenvalue weighted by atomic mass is 10.4. The summed E-state index contributed by atoms with van der Waals surface area (Å²) >= 11 is 10.6. The van der Waals surface area contributed by atoms with Crippen molar-refractivity contribution in [2.45, 2.75) is 13.5 Å². The molecule has 2 aromatic rings. The van der Waals surface area contributed by atoms with Crippen LogP contribution in [0.25, 0.3) is 11.2 Å². The summed E-state index contributed by atoms with van der Waals surface area (Å²) in [7, 11) is 0. The highest BCUT2D eigenvalue weighted by molar-refractivity contribution is 7.79. The first-order valence-corrected chi connectivity index (χ1v) is 4.94. The minimum atomic E-state index is 0.198. The van der Waals surface area contributed by atoms with Crippen LogP contribution in [0.3, 0.4) is 0 Å². The predicted octanol–water partition coefficient (Wildman–Crippen LogP) is 1.85. The summed E-state index contributed by atoms with van der Waals surface area (Å²) in [5.74, 6) is 0. The molecule has 0 radical (unpaired) electrons. The van der Waals surface area contributed by atoms with Crippen LogP contribution in [-0.2, 0) is 6.54 Å². The smallest absolute Gasteiger partial charge is 0.225 e. The molecule has 0 amide bonds. The number of fused-ring (bicyclic) bond motifs is 1. The minimum Gasteiger partial charge on any atom is -0.315 e. The summed E-state index contributed by atoms with van der Waals surface area (Å²) in [4.78, 5) is 12.3. The van der Waals surface area contributed by atoms with E-state index in [1.54, 1.807) is 6.33 Å². The van der Waals surface area contributed by atoms with Gasteiger partial charge >= 0.3 is 0 Å². The van der Waals surface area contributed by atoms with Gasteiger partial charge in [-0.05, 0) is 18.5 Å². The molecule has 4 nitrogen and oxygen atoms in total. The topological polar surface area (TPSA) is 43.6 Å². The number of aromatic nitrogens is 4. The molecule has 0 aromatic carbocycles. The Morgan fingerprint density at radius 2 is 2.36 bits per heavy atom. The second-order valence-electron chi connectivity index (χ2n) is 2.70. The molecule has 0 aliphatic carbocycles. The molecule has 0 unspecified atom stereocenters. The fourth-order valence-corrected chi connectivity index (χ4v) is 1.59. The molecule has 0 spiro atoms. The molecular formula is C8H7ClN4S. The van der Waals surface area contributed by atoms with Crippen molar-refractivity contribution in [3.05, 3.63) is 17.3 Å². The second-order valence-corrected chi connectivity index (χ2v) is 3.27. The Kier molecular flexibility index (Phi) is 2.43. The molecule has 2 aromatic heterocycles. The summed E-state index contributed by atoms with van der Waals surface area (Å²) in [5, 5.41) is 1.66. The van der Waals surface area contributed by atoms with E-state index < -0.39 is 0 Å². The van der Waals surface area contributed by atoms with Gasteiger partial charge in [0.05, 0.1) is 6.33 Å². The van der Waals surface area contributed by atoms with Crippen molar-refractivity contribution in [3.63, 3.8) is 0 Å². The molecule has 72 valence electrons. The summed E-state index contributed by atoms with van der Waals surface area (Å²) in [6, 6.07) is 0. The molecule has 2 heterocycles.